The molecule has 0 bridgehead atoms. The minimum Gasteiger partial charge on any atom is -0.480 e. The number of nitrogens with one attached hydrogen (secondary N) is 1. The molecule has 0 radical (unpaired) electrons. The Labute approximate surface area is 109 Å². The zero-order valence-corrected chi connectivity index (χ0v) is 10.9. The van der Waals surface area contributed by atoms with Crippen molar-refractivity contribution in [2.75, 3.05) is 0 Å². The van der Waals surface area contributed by atoms with Crippen molar-refractivity contribution < 1.29 is 9.90 Å². The Morgan fingerprint density at radius 2 is 2.06 bits per heavy atom. The number of thioether (sulfide) groups is 1. The van der Waals surface area contributed by atoms with Crippen LogP contribution in [0.2, 0.25) is 0 Å². The molecular formula is C12H13N3O2S. The van der Waals surface area contributed by atoms with Crippen molar-refractivity contribution in [2.24, 2.45) is 0 Å². The molecule has 0 unspecified atom stereocenters. The number of carboxylic acid groups (broad SMARTS) is 1. The number of aliphatic carboxylic acids is 1. The van der Waals surface area contributed by atoms with Gasteiger partial charge in [0, 0.05) is 5.56 Å². The zero-order chi connectivity index (χ0) is 13.1. The van der Waals surface area contributed by atoms with E-state index >= 15 is 0 Å². The van der Waals surface area contributed by atoms with Crippen molar-refractivity contribution in [3.8, 4) is 11.4 Å². The highest BCUT2D eigenvalue weighted by Crippen LogP contribution is 2.22. The Bertz CT molecular complexity index is 551. The number of hydrogen-bond acceptors (Lipinski definition) is 4. The van der Waals surface area contributed by atoms with Crippen molar-refractivity contribution in [3.05, 3.63) is 29.8 Å². The van der Waals surface area contributed by atoms with Gasteiger partial charge in [-0.25, -0.2) is 4.98 Å². The van der Waals surface area contributed by atoms with Crippen molar-refractivity contribution in [1.29, 1.82) is 0 Å². The maximum Gasteiger partial charge on any atom is 0.316 e. The first-order valence-corrected chi connectivity index (χ1v) is 6.33. The number of rotatable bonds is 4. The Balaban J connectivity index is 2.15. The van der Waals surface area contributed by atoms with Crippen molar-refractivity contribution in [3.63, 3.8) is 0 Å². The van der Waals surface area contributed by atoms with Crippen LogP contribution in [0.15, 0.2) is 29.4 Å². The number of aromatic amines is 1. The van der Waals surface area contributed by atoms with Crippen molar-refractivity contribution >= 4 is 17.7 Å². The van der Waals surface area contributed by atoms with E-state index in [1.807, 2.05) is 31.2 Å². The molecule has 1 heterocycles. The summed E-state index contributed by atoms with van der Waals surface area (Å²) >= 11 is 1.12. The minimum absolute atomic E-state index is 0.445. The first kappa shape index (κ1) is 12.6. The molecule has 1 atom stereocenters. The van der Waals surface area contributed by atoms with Gasteiger partial charge in [-0.2, -0.15) is 0 Å². The van der Waals surface area contributed by atoms with Crippen LogP contribution in [0.3, 0.4) is 0 Å². The lowest BCUT2D eigenvalue weighted by Crippen LogP contribution is -2.11. The van der Waals surface area contributed by atoms with E-state index in [9.17, 15) is 4.79 Å². The van der Waals surface area contributed by atoms with Crippen LogP contribution < -0.4 is 0 Å². The highest BCUT2D eigenvalue weighted by molar-refractivity contribution is 8.00. The molecule has 6 heteroatoms. The highest BCUT2D eigenvalue weighted by atomic mass is 32.2. The quantitative estimate of drug-likeness (QED) is 0.828. The summed E-state index contributed by atoms with van der Waals surface area (Å²) < 4.78 is 0. The summed E-state index contributed by atoms with van der Waals surface area (Å²) in [7, 11) is 0. The van der Waals surface area contributed by atoms with Crippen LogP contribution in [0.4, 0.5) is 0 Å². The van der Waals surface area contributed by atoms with Crippen molar-refractivity contribution in [2.45, 2.75) is 24.3 Å². The molecule has 0 amide bonds. The second kappa shape index (κ2) is 5.22. The van der Waals surface area contributed by atoms with Gasteiger partial charge in [0.25, 0.3) is 0 Å². The summed E-state index contributed by atoms with van der Waals surface area (Å²) in [5.41, 5.74) is 2.11. The maximum atomic E-state index is 10.7. The molecule has 94 valence electrons. The average Bonchev–Trinajstić information content (AvgIpc) is 2.78. The number of carboxylic acids is 1. The van der Waals surface area contributed by atoms with Gasteiger partial charge < -0.3 is 5.11 Å². The molecule has 2 aromatic rings. The normalized spacial score (nSPS) is 12.3. The number of carbonyl (C=O) groups is 1. The van der Waals surface area contributed by atoms with Gasteiger partial charge in [-0.3, -0.25) is 9.89 Å². The number of hydrogen-bond donors (Lipinski definition) is 2. The lowest BCUT2D eigenvalue weighted by atomic mass is 10.1. The molecule has 0 saturated carbocycles. The molecule has 1 aromatic carbocycles. The fraction of sp³-hybridized carbons (Fsp3) is 0.250. The van der Waals surface area contributed by atoms with E-state index in [0.29, 0.717) is 11.0 Å². The standard InChI is InChI=1S/C12H13N3O2S/c1-7-3-5-9(6-4-7)10-13-12(15-14-10)18-8(2)11(16)17/h3-6,8H,1-2H3,(H,16,17)(H,13,14,15)/t8-/m1/s1. The fourth-order valence-electron chi connectivity index (χ4n) is 1.35. The summed E-state index contributed by atoms with van der Waals surface area (Å²) in [4.78, 5) is 15.0. The number of aromatic nitrogens is 3. The molecule has 2 rings (SSSR count). The molecule has 0 aliphatic heterocycles. The number of H-pyrrole nitrogens is 1. The molecule has 5 nitrogen and oxygen atoms in total. The summed E-state index contributed by atoms with van der Waals surface area (Å²) in [6.07, 6.45) is 0. The van der Waals surface area contributed by atoms with Gasteiger partial charge in [-0.15, -0.1) is 5.10 Å². The van der Waals surface area contributed by atoms with Crippen LogP contribution in [0.5, 0.6) is 0 Å². The van der Waals surface area contributed by atoms with Crippen LogP contribution in [-0.2, 0) is 4.79 Å². The van der Waals surface area contributed by atoms with Crippen LogP contribution in [0.1, 0.15) is 12.5 Å². The van der Waals surface area contributed by atoms with E-state index in [-0.39, 0.29) is 0 Å². The molecule has 18 heavy (non-hydrogen) atoms. The minimum atomic E-state index is -0.873. The van der Waals surface area contributed by atoms with Gasteiger partial charge in [0.1, 0.15) is 5.25 Å². The largest absolute Gasteiger partial charge is 0.480 e. The highest BCUT2D eigenvalue weighted by Gasteiger charge is 2.15. The van der Waals surface area contributed by atoms with E-state index in [1.54, 1.807) is 6.92 Å². The third-order valence-electron chi connectivity index (χ3n) is 2.42. The third kappa shape index (κ3) is 2.89. The van der Waals surface area contributed by atoms with Gasteiger partial charge in [0.05, 0.1) is 0 Å². The van der Waals surface area contributed by atoms with Gasteiger partial charge >= 0.3 is 5.97 Å². The molecule has 0 spiro atoms. The molecule has 2 N–H and O–H groups in total. The second-order valence-corrected chi connectivity index (χ2v) is 5.24. The first-order chi connectivity index (χ1) is 8.56. The average molecular weight is 263 g/mol. The van der Waals surface area contributed by atoms with Gasteiger partial charge in [-0.05, 0) is 13.8 Å². The first-order valence-electron chi connectivity index (χ1n) is 5.45. The predicted molar refractivity (Wildman–Crippen MR) is 69.5 cm³/mol. The lowest BCUT2D eigenvalue weighted by molar-refractivity contribution is -0.136. The van der Waals surface area contributed by atoms with Gasteiger partial charge in [-0.1, -0.05) is 41.6 Å². The molecule has 0 aliphatic rings. The molecular weight excluding hydrogens is 250 g/mol. The molecule has 0 fully saturated rings. The third-order valence-corrected chi connectivity index (χ3v) is 3.37. The monoisotopic (exact) mass is 263 g/mol. The number of benzene rings is 1. The molecule has 1 aromatic heterocycles. The lowest BCUT2D eigenvalue weighted by Gasteiger charge is -2.00. The molecule has 0 aliphatic carbocycles. The topological polar surface area (TPSA) is 78.9 Å². The number of nitrogens with zero attached hydrogens (tertiary/aromatic N) is 2. The Hall–Kier alpha value is -1.82. The predicted octanol–water partition coefficient (Wildman–Crippen LogP) is 2.35. The Morgan fingerprint density at radius 3 is 2.67 bits per heavy atom. The van der Waals surface area contributed by atoms with Crippen LogP contribution in [0.25, 0.3) is 11.4 Å². The van der Waals surface area contributed by atoms with Crippen LogP contribution in [-0.4, -0.2) is 31.5 Å². The van der Waals surface area contributed by atoms with E-state index in [4.69, 9.17) is 5.11 Å². The molecule has 0 saturated heterocycles. The maximum absolute atomic E-state index is 10.7. The smallest absolute Gasteiger partial charge is 0.316 e. The van der Waals surface area contributed by atoms with Crippen LogP contribution >= 0.6 is 11.8 Å². The van der Waals surface area contributed by atoms with E-state index in [2.05, 4.69) is 15.2 Å². The summed E-state index contributed by atoms with van der Waals surface area (Å²) in [6, 6.07) is 7.88. The number of aryl methyl sites for hydroxylation is 1. The summed E-state index contributed by atoms with van der Waals surface area (Å²) in [6.45, 7) is 3.62. The van der Waals surface area contributed by atoms with Gasteiger partial charge in [0.2, 0.25) is 5.16 Å². The fourth-order valence-corrected chi connectivity index (χ4v) is 2.01. The Morgan fingerprint density at radius 1 is 1.39 bits per heavy atom. The van der Waals surface area contributed by atoms with E-state index in [1.165, 1.54) is 5.56 Å². The SMILES string of the molecule is Cc1ccc(-c2nc(S[C@H](C)C(=O)O)n[nH]2)cc1. The van der Waals surface area contributed by atoms with Crippen molar-refractivity contribution in [1.82, 2.24) is 15.2 Å². The van der Waals surface area contributed by atoms with E-state index < -0.39 is 11.2 Å². The summed E-state index contributed by atoms with van der Waals surface area (Å²) in [5, 5.41) is 15.5. The second-order valence-electron chi connectivity index (χ2n) is 3.93. The van der Waals surface area contributed by atoms with Crippen LogP contribution in [0, 0.1) is 6.92 Å². The Kier molecular flexibility index (Phi) is 3.66. The van der Waals surface area contributed by atoms with Gasteiger partial charge in [0.15, 0.2) is 5.82 Å². The summed E-state index contributed by atoms with van der Waals surface area (Å²) in [5.74, 6) is -0.225. The van der Waals surface area contributed by atoms with E-state index in [0.717, 1.165) is 17.3 Å². The zero-order valence-electron chi connectivity index (χ0n) is 10.0.